The first-order chi connectivity index (χ1) is 14.8. The van der Waals surface area contributed by atoms with Crippen molar-refractivity contribution in [1.82, 2.24) is 5.32 Å². The lowest BCUT2D eigenvalue weighted by Crippen LogP contribution is -2.48. The van der Waals surface area contributed by atoms with Gasteiger partial charge in [-0.3, -0.25) is 4.90 Å². The van der Waals surface area contributed by atoms with Gasteiger partial charge in [0.15, 0.2) is 11.5 Å². The van der Waals surface area contributed by atoms with Gasteiger partial charge in [0, 0.05) is 5.70 Å². The van der Waals surface area contributed by atoms with Gasteiger partial charge >= 0.3 is 18.0 Å². The third-order valence-corrected chi connectivity index (χ3v) is 4.88. The summed E-state index contributed by atoms with van der Waals surface area (Å²) >= 11 is 0. The van der Waals surface area contributed by atoms with Crippen LogP contribution in [0.1, 0.15) is 35.8 Å². The molecule has 0 saturated heterocycles. The molecule has 1 heterocycles. The molecule has 3 rings (SSSR count). The summed E-state index contributed by atoms with van der Waals surface area (Å²) in [6.07, 6.45) is 0. The number of ether oxygens (including phenoxy) is 2. The number of amides is 2. The van der Waals surface area contributed by atoms with Crippen molar-refractivity contribution in [3.05, 3.63) is 64.9 Å². The van der Waals surface area contributed by atoms with Gasteiger partial charge in [0.2, 0.25) is 0 Å². The lowest BCUT2D eigenvalue weighted by molar-refractivity contribution is -0.136. The molecule has 1 unspecified atom stereocenters. The minimum absolute atomic E-state index is 0.0618. The number of hydrogen-bond donors (Lipinski definition) is 3. The Kier molecular flexibility index (Phi) is 6.15. The number of urea groups is 1. The van der Waals surface area contributed by atoms with E-state index in [1.807, 2.05) is 0 Å². The largest absolute Gasteiger partial charge is 0.504 e. The summed E-state index contributed by atoms with van der Waals surface area (Å²) in [6.45, 7) is 3.70. The standard InChI is InChI=1S/C22H22N2O7/c1-4-31-17-11-14(7-10-16(17)25)19-18(21(28)30-3)12(2)24(22(29)23-19)15-8-5-13(6-9-15)20(26)27/h5-11,19,25H,4H2,1-3H3,(H,23,29)(H,26,27). The van der Waals surface area contributed by atoms with Crippen LogP contribution in [0.25, 0.3) is 0 Å². The molecule has 2 aromatic carbocycles. The van der Waals surface area contributed by atoms with Crippen molar-refractivity contribution >= 4 is 23.7 Å². The summed E-state index contributed by atoms with van der Waals surface area (Å²) in [5.41, 5.74) is 1.50. The van der Waals surface area contributed by atoms with E-state index in [1.165, 1.54) is 42.3 Å². The highest BCUT2D eigenvalue weighted by atomic mass is 16.5. The fourth-order valence-electron chi connectivity index (χ4n) is 3.41. The van der Waals surface area contributed by atoms with Gasteiger partial charge in [0.1, 0.15) is 0 Å². The van der Waals surface area contributed by atoms with Gasteiger partial charge in [-0.2, -0.15) is 0 Å². The number of phenols is 1. The van der Waals surface area contributed by atoms with Crippen molar-refractivity contribution in [3.63, 3.8) is 0 Å². The highest BCUT2D eigenvalue weighted by Crippen LogP contribution is 2.37. The summed E-state index contributed by atoms with van der Waals surface area (Å²) in [7, 11) is 1.24. The Morgan fingerprint density at radius 2 is 1.84 bits per heavy atom. The summed E-state index contributed by atoms with van der Waals surface area (Å²) in [4.78, 5) is 38.0. The highest BCUT2D eigenvalue weighted by Gasteiger charge is 2.37. The quantitative estimate of drug-likeness (QED) is 0.606. The van der Waals surface area contributed by atoms with Gasteiger partial charge < -0.3 is 25.0 Å². The molecule has 1 aliphatic heterocycles. The van der Waals surface area contributed by atoms with Crippen LogP contribution in [0, 0.1) is 0 Å². The van der Waals surface area contributed by atoms with Crippen LogP contribution in [0.2, 0.25) is 0 Å². The van der Waals surface area contributed by atoms with Gasteiger partial charge in [-0.15, -0.1) is 0 Å². The van der Waals surface area contributed by atoms with Gasteiger partial charge in [-0.1, -0.05) is 6.07 Å². The van der Waals surface area contributed by atoms with Gasteiger partial charge in [0.25, 0.3) is 0 Å². The third kappa shape index (κ3) is 4.16. The van der Waals surface area contributed by atoms with E-state index in [9.17, 15) is 19.5 Å². The lowest BCUT2D eigenvalue weighted by Gasteiger charge is -2.35. The Hall–Kier alpha value is -4.01. The van der Waals surface area contributed by atoms with Crippen LogP contribution < -0.4 is 15.0 Å². The minimum atomic E-state index is -1.09. The molecule has 1 atom stereocenters. The smallest absolute Gasteiger partial charge is 0.337 e. The predicted molar refractivity (Wildman–Crippen MR) is 111 cm³/mol. The number of hydrogen-bond acceptors (Lipinski definition) is 6. The second kappa shape index (κ2) is 8.78. The van der Waals surface area contributed by atoms with E-state index in [0.717, 1.165) is 0 Å². The van der Waals surface area contributed by atoms with E-state index in [2.05, 4.69) is 5.32 Å². The number of methoxy groups -OCH3 is 1. The average molecular weight is 426 g/mol. The number of aromatic carboxylic acids is 1. The monoisotopic (exact) mass is 426 g/mol. The number of esters is 1. The van der Waals surface area contributed by atoms with E-state index < -0.39 is 24.0 Å². The Morgan fingerprint density at radius 3 is 2.42 bits per heavy atom. The van der Waals surface area contributed by atoms with Crippen molar-refractivity contribution < 1.29 is 34.1 Å². The zero-order valence-electron chi connectivity index (χ0n) is 17.2. The van der Waals surface area contributed by atoms with E-state index >= 15 is 0 Å². The first kappa shape index (κ1) is 21.7. The molecule has 31 heavy (non-hydrogen) atoms. The van der Waals surface area contributed by atoms with E-state index in [4.69, 9.17) is 14.6 Å². The molecular formula is C22H22N2O7. The first-order valence-electron chi connectivity index (χ1n) is 9.47. The molecule has 0 bridgehead atoms. The van der Waals surface area contributed by atoms with Crippen LogP contribution in [-0.2, 0) is 9.53 Å². The number of carbonyl (C=O) groups is 3. The number of carbonyl (C=O) groups excluding carboxylic acids is 2. The van der Waals surface area contributed by atoms with Crippen molar-refractivity contribution in [3.8, 4) is 11.5 Å². The molecule has 9 heteroatoms. The number of carboxylic acids is 1. The summed E-state index contributed by atoms with van der Waals surface area (Å²) < 4.78 is 10.4. The van der Waals surface area contributed by atoms with E-state index in [0.29, 0.717) is 23.6 Å². The second-order valence-electron chi connectivity index (χ2n) is 6.72. The van der Waals surface area contributed by atoms with E-state index in [-0.39, 0.29) is 22.6 Å². The van der Waals surface area contributed by atoms with Gasteiger partial charge in [-0.25, -0.2) is 14.4 Å². The number of nitrogens with one attached hydrogen (secondary N) is 1. The molecule has 1 aliphatic rings. The molecule has 0 spiro atoms. The summed E-state index contributed by atoms with van der Waals surface area (Å²) in [5, 5.41) is 21.8. The van der Waals surface area contributed by atoms with E-state index in [1.54, 1.807) is 26.0 Å². The molecule has 2 aromatic rings. The molecule has 0 fully saturated rings. The molecular weight excluding hydrogens is 404 g/mol. The number of benzene rings is 2. The molecule has 162 valence electrons. The van der Waals surface area contributed by atoms with Crippen LogP contribution in [0.5, 0.6) is 11.5 Å². The van der Waals surface area contributed by atoms with Crippen molar-refractivity contribution in [1.29, 1.82) is 0 Å². The zero-order valence-corrected chi connectivity index (χ0v) is 17.2. The number of anilines is 1. The fraction of sp³-hybridized carbons (Fsp3) is 0.227. The molecule has 0 radical (unpaired) electrons. The number of phenolic OH excluding ortho intramolecular Hbond substituents is 1. The lowest BCUT2D eigenvalue weighted by atomic mass is 9.94. The maximum Gasteiger partial charge on any atom is 0.337 e. The zero-order chi connectivity index (χ0) is 22.7. The predicted octanol–water partition coefficient (Wildman–Crippen LogP) is 3.21. The fourth-order valence-corrected chi connectivity index (χ4v) is 3.41. The Morgan fingerprint density at radius 1 is 1.16 bits per heavy atom. The topological polar surface area (TPSA) is 125 Å². The normalized spacial score (nSPS) is 16.0. The molecule has 3 N–H and O–H groups in total. The number of rotatable bonds is 6. The summed E-state index contributed by atoms with van der Waals surface area (Å²) in [5.74, 6) is -1.56. The van der Waals surface area contributed by atoms with Crippen molar-refractivity contribution in [2.24, 2.45) is 0 Å². The number of aromatic hydroxyl groups is 1. The Bertz CT molecular complexity index is 1060. The minimum Gasteiger partial charge on any atom is -0.504 e. The molecule has 2 amide bonds. The second-order valence-corrected chi connectivity index (χ2v) is 6.72. The first-order valence-corrected chi connectivity index (χ1v) is 9.47. The maximum absolute atomic E-state index is 13.0. The number of allylic oxidation sites excluding steroid dienone is 1. The van der Waals surface area contributed by atoms with Crippen LogP contribution >= 0.6 is 0 Å². The number of nitrogens with zero attached hydrogens (tertiary/aromatic N) is 1. The van der Waals surface area contributed by atoms with Crippen LogP contribution in [-0.4, -0.2) is 41.9 Å². The molecule has 0 aliphatic carbocycles. The Labute approximate surface area is 178 Å². The molecule has 9 nitrogen and oxygen atoms in total. The van der Waals surface area contributed by atoms with Crippen LogP contribution in [0.3, 0.4) is 0 Å². The van der Waals surface area contributed by atoms with Crippen LogP contribution in [0.15, 0.2) is 53.7 Å². The van der Waals surface area contributed by atoms with Gasteiger partial charge in [0.05, 0.1) is 36.6 Å². The molecule has 0 aromatic heterocycles. The maximum atomic E-state index is 13.0. The van der Waals surface area contributed by atoms with Gasteiger partial charge in [-0.05, 0) is 55.8 Å². The summed E-state index contributed by atoms with van der Waals surface area (Å²) in [6, 6.07) is 8.91. The highest BCUT2D eigenvalue weighted by molar-refractivity contribution is 6.03. The van der Waals surface area contributed by atoms with Crippen molar-refractivity contribution in [2.75, 3.05) is 18.6 Å². The SMILES string of the molecule is CCOc1cc(C2NC(=O)N(c3ccc(C(=O)O)cc3)C(C)=C2C(=O)OC)ccc1O. The average Bonchev–Trinajstić information content (AvgIpc) is 2.75. The number of carboxylic acid groups (broad SMARTS) is 1. The van der Waals surface area contributed by atoms with Crippen molar-refractivity contribution in [2.45, 2.75) is 19.9 Å². The third-order valence-electron chi connectivity index (χ3n) is 4.88. The molecule has 0 saturated carbocycles. The Balaban J connectivity index is 2.10. The van der Waals surface area contributed by atoms with Crippen LogP contribution in [0.4, 0.5) is 10.5 Å².